The van der Waals surface area contributed by atoms with Crippen LogP contribution in [-0.2, 0) is 6.61 Å². The normalized spacial score (nSPS) is 18.5. The van der Waals surface area contributed by atoms with Gasteiger partial charge in [-0.25, -0.2) is 4.39 Å². The minimum Gasteiger partial charge on any atom is -0.472 e. The molecule has 2 aromatic heterocycles. The lowest BCUT2D eigenvalue weighted by Gasteiger charge is -2.49. The second-order valence-corrected chi connectivity index (χ2v) is 10.4. The molecule has 0 bridgehead atoms. The molecule has 1 fully saturated rings. The smallest absolute Gasteiger partial charge is 0.223 e. The highest BCUT2D eigenvalue weighted by atomic mass is 19.1. The average Bonchev–Trinajstić information content (AvgIpc) is 3.24. The number of aromatic nitrogens is 3. The zero-order chi connectivity index (χ0) is 22.7. The van der Waals surface area contributed by atoms with Crippen LogP contribution in [-0.4, -0.2) is 39.3 Å². The van der Waals surface area contributed by atoms with Crippen LogP contribution in [0.15, 0.2) is 36.7 Å². The molecular weight excluding hydrogens is 417 g/mol. The van der Waals surface area contributed by atoms with Gasteiger partial charge in [0.05, 0.1) is 6.20 Å². The van der Waals surface area contributed by atoms with Crippen LogP contribution < -0.4 is 15.0 Å². The standard InChI is InChI=1S/C25H30FN5O.CH4/c1-24(2)10-17(11-25(3,4)30-24)31(5)22-7-6-18-19-9-21(26)20(16-12-27-28-13-16)8-15(19)14-32-23(18)29-22;/h6-9,12-13,17,30H,10-11,14H2,1-5H3,(H,27,28);1H4. The molecule has 7 heteroatoms. The summed E-state index contributed by atoms with van der Waals surface area (Å²) in [7, 11) is 2.10. The fraction of sp³-hybridized carbons (Fsp3) is 0.462. The number of aromatic amines is 1. The first-order valence-corrected chi connectivity index (χ1v) is 11.1. The fourth-order valence-corrected chi connectivity index (χ4v) is 5.43. The summed E-state index contributed by atoms with van der Waals surface area (Å²) in [6, 6.07) is 7.80. The number of anilines is 1. The first kappa shape index (κ1) is 23.2. The lowest BCUT2D eigenvalue weighted by atomic mass is 9.79. The van der Waals surface area contributed by atoms with Crippen molar-refractivity contribution in [2.75, 3.05) is 11.9 Å². The zero-order valence-corrected chi connectivity index (χ0v) is 19.3. The Morgan fingerprint density at radius 1 is 1.06 bits per heavy atom. The molecule has 6 nitrogen and oxygen atoms in total. The van der Waals surface area contributed by atoms with Crippen LogP contribution in [0.2, 0.25) is 0 Å². The third-order valence-electron chi connectivity index (χ3n) is 6.58. The maximum Gasteiger partial charge on any atom is 0.223 e. The number of fused-ring (bicyclic) bond motifs is 3. The van der Waals surface area contributed by atoms with Gasteiger partial charge in [0.15, 0.2) is 0 Å². The van der Waals surface area contributed by atoms with Gasteiger partial charge in [0.2, 0.25) is 5.88 Å². The molecule has 1 aromatic carbocycles. The molecule has 0 spiro atoms. The lowest BCUT2D eigenvalue weighted by molar-refractivity contribution is 0.160. The van der Waals surface area contributed by atoms with E-state index in [9.17, 15) is 4.39 Å². The number of H-pyrrole nitrogens is 1. The molecule has 3 aromatic rings. The summed E-state index contributed by atoms with van der Waals surface area (Å²) in [5.41, 5.74) is 3.95. The molecule has 176 valence electrons. The van der Waals surface area contributed by atoms with Gasteiger partial charge in [0, 0.05) is 47.1 Å². The van der Waals surface area contributed by atoms with Crippen molar-refractivity contribution in [2.24, 2.45) is 0 Å². The summed E-state index contributed by atoms with van der Waals surface area (Å²) < 4.78 is 20.9. The Morgan fingerprint density at radius 2 is 1.79 bits per heavy atom. The van der Waals surface area contributed by atoms with Crippen molar-refractivity contribution in [3.8, 4) is 28.1 Å². The van der Waals surface area contributed by atoms with Gasteiger partial charge < -0.3 is 15.0 Å². The van der Waals surface area contributed by atoms with E-state index < -0.39 is 0 Å². The van der Waals surface area contributed by atoms with E-state index in [2.05, 4.69) is 55.2 Å². The first-order chi connectivity index (χ1) is 15.1. The van der Waals surface area contributed by atoms with Crippen LogP contribution in [0.5, 0.6) is 5.88 Å². The molecule has 0 saturated carbocycles. The molecular formula is C26H34FN5O. The molecule has 2 aliphatic rings. The maximum atomic E-state index is 14.9. The van der Waals surface area contributed by atoms with Crippen molar-refractivity contribution in [2.45, 2.75) is 71.7 Å². The molecule has 0 amide bonds. The van der Waals surface area contributed by atoms with Crippen molar-refractivity contribution in [3.05, 3.63) is 48.0 Å². The number of piperidine rings is 1. The second kappa shape index (κ2) is 8.13. The number of benzene rings is 1. The van der Waals surface area contributed by atoms with Gasteiger partial charge in [-0.3, -0.25) is 5.10 Å². The Labute approximate surface area is 195 Å². The Morgan fingerprint density at radius 3 is 2.45 bits per heavy atom. The quantitative estimate of drug-likeness (QED) is 0.546. The van der Waals surface area contributed by atoms with E-state index in [-0.39, 0.29) is 24.3 Å². The summed E-state index contributed by atoms with van der Waals surface area (Å²) in [6.07, 6.45) is 5.36. The molecule has 1 saturated heterocycles. The van der Waals surface area contributed by atoms with Crippen LogP contribution in [0.1, 0.15) is 53.5 Å². The van der Waals surface area contributed by atoms with Crippen molar-refractivity contribution in [3.63, 3.8) is 0 Å². The van der Waals surface area contributed by atoms with Gasteiger partial charge in [0.1, 0.15) is 18.2 Å². The van der Waals surface area contributed by atoms with E-state index in [1.54, 1.807) is 18.5 Å². The maximum absolute atomic E-state index is 14.9. The summed E-state index contributed by atoms with van der Waals surface area (Å²) in [5.74, 6) is 1.16. The molecule has 2 N–H and O–H groups in total. The molecule has 5 rings (SSSR count). The van der Waals surface area contributed by atoms with Crippen LogP contribution >= 0.6 is 0 Å². The minimum absolute atomic E-state index is 0. The van der Waals surface area contributed by atoms with E-state index in [4.69, 9.17) is 9.72 Å². The van der Waals surface area contributed by atoms with Gasteiger partial charge in [-0.15, -0.1) is 0 Å². The molecule has 33 heavy (non-hydrogen) atoms. The molecule has 2 aliphatic heterocycles. The largest absolute Gasteiger partial charge is 0.472 e. The highest BCUT2D eigenvalue weighted by molar-refractivity contribution is 5.78. The number of hydrogen-bond donors (Lipinski definition) is 2. The van der Waals surface area contributed by atoms with Crippen LogP contribution in [0.3, 0.4) is 0 Å². The van der Waals surface area contributed by atoms with Gasteiger partial charge in [0.25, 0.3) is 0 Å². The molecule has 0 radical (unpaired) electrons. The van der Waals surface area contributed by atoms with E-state index in [0.29, 0.717) is 24.1 Å². The summed E-state index contributed by atoms with van der Waals surface area (Å²) in [6.45, 7) is 9.37. The number of ether oxygens (including phenoxy) is 1. The molecule has 0 aliphatic carbocycles. The van der Waals surface area contributed by atoms with Gasteiger partial charge >= 0.3 is 0 Å². The zero-order valence-electron chi connectivity index (χ0n) is 19.3. The molecule has 0 unspecified atom stereocenters. The minimum atomic E-state index is -0.279. The topological polar surface area (TPSA) is 66.1 Å². The van der Waals surface area contributed by atoms with Crippen molar-refractivity contribution in [1.82, 2.24) is 20.5 Å². The van der Waals surface area contributed by atoms with Crippen LogP contribution in [0, 0.1) is 5.82 Å². The summed E-state index contributed by atoms with van der Waals surface area (Å²) >= 11 is 0. The molecule has 0 atom stereocenters. The Hall–Kier alpha value is -2.93. The van der Waals surface area contributed by atoms with E-state index in [1.807, 2.05) is 18.2 Å². The fourth-order valence-electron chi connectivity index (χ4n) is 5.43. The second-order valence-electron chi connectivity index (χ2n) is 10.4. The predicted molar refractivity (Wildman–Crippen MR) is 131 cm³/mol. The van der Waals surface area contributed by atoms with Gasteiger partial charge in [-0.1, -0.05) is 7.43 Å². The third kappa shape index (κ3) is 4.34. The Balaban J connectivity index is 0.00000259. The average molecular weight is 452 g/mol. The number of nitrogens with one attached hydrogen (secondary N) is 2. The highest BCUT2D eigenvalue weighted by Crippen LogP contribution is 2.41. The number of hydrogen-bond acceptors (Lipinski definition) is 5. The molecule has 4 heterocycles. The highest BCUT2D eigenvalue weighted by Gasteiger charge is 2.39. The van der Waals surface area contributed by atoms with Crippen molar-refractivity contribution >= 4 is 5.82 Å². The number of nitrogens with zero attached hydrogens (tertiary/aromatic N) is 3. The van der Waals surface area contributed by atoms with Crippen molar-refractivity contribution < 1.29 is 9.13 Å². The SMILES string of the molecule is C.CN(c1ccc2c(n1)OCc1cc(-c3cn[nH]c3)c(F)cc1-2)C1CC(C)(C)NC(C)(C)C1. The monoisotopic (exact) mass is 451 g/mol. The predicted octanol–water partition coefficient (Wildman–Crippen LogP) is 5.55. The first-order valence-electron chi connectivity index (χ1n) is 11.1. The van der Waals surface area contributed by atoms with E-state index in [1.165, 1.54) is 0 Å². The van der Waals surface area contributed by atoms with Crippen molar-refractivity contribution in [1.29, 1.82) is 0 Å². The third-order valence-corrected chi connectivity index (χ3v) is 6.58. The van der Waals surface area contributed by atoms with E-state index >= 15 is 0 Å². The van der Waals surface area contributed by atoms with Gasteiger partial charge in [-0.2, -0.15) is 10.1 Å². The number of halogens is 1. The van der Waals surface area contributed by atoms with Crippen LogP contribution in [0.4, 0.5) is 10.2 Å². The Bertz CT molecular complexity index is 1140. The van der Waals surface area contributed by atoms with Crippen LogP contribution in [0.25, 0.3) is 22.3 Å². The number of rotatable bonds is 3. The van der Waals surface area contributed by atoms with Gasteiger partial charge in [-0.05, 0) is 75.9 Å². The lowest BCUT2D eigenvalue weighted by Crippen LogP contribution is -2.62. The number of pyridine rings is 1. The van der Waals surface area contributed by atoms with E-state index in [0.717, 1.165) is 40.9 Å². The summed E-state index contributed by atoms with van der Waals surface area (Å²) in [5, 5.41) is 10.4. The summed E-state index contributed by atoms with van der Waals surface area (Å²) in [4.78, 5) is 7.09. The Kier molecular flexibility index (Phi) is 5.73.